The normalized spacial score (nSPS) is 11.3. The molecule has 4 nitrogen and oxygen atoms in total. The molecule has 2 aromatic rings. The molecule has 0 fully saturated rings. The quantitative estimate of drug-likeness (QED) is 0.890. The van der Waals surface area contributed by atoms with Gasteiger partial charge in [-0.05, 0) is 68.3 Å². The molecule has 0 bridgehead atoms. The minimum absolute atomic E-state index is 0.197. The van der Waals surface area contributed by atoms with Crippen LogP contribution in [0, 0.1) is 13.8 Å². The highest BCUT2D eigenvalue weighted by molar-refractivity contribution is 7.92. The van der Waals surface area contributed by atoms with Crippen LogP contribution >= 0.6 is 11.6 Å². The summed E-state index contributed by atoms with van der Waals surface area (Å²) in [5.41, 5.74) is 2.05. The molecule has 0 atom stereocenters. The van der Waals surface area contributed by atoms with E-state index in [0.717, 1.165) is 11.1 Å². The van der Waals surface area contributed by atoms with Crippen molar-refractivity contribution in [2.45, 2.75) is 25.7 Å². The molecule has 0 spiro atoms. The van der Waals surface area contributed by atoms with Gasteiger partial charge >= 0.3 is 0 Å². The van der Waals surface area contributed by atoms with Crippen molar-refractivity contribution in [3.05, 3.63) is 52.5 Å². The van der Waals surface area contributed by atoms with E-state index in [9.17, 15) is 8.42 Å². The minimum Gasteiger partial charge on any atom is -0.494 e. The van der Waals surface area contributed by atoms with Gasteiger partial charge in [0.25, 0.3) is 10.0 Å². The number of hydrogen-bond donors (Lipinski definition) is 1. The second kappa shape index (κ2) is 6.58. The number of anilines is 1. The van der Waals surface area contributed by atoms with Crippen LogP contribution in [0.2, 0.25) is 5.02 Å². The summed E-state index contributed by atoms with van der Waals surface area (Å²) in [5.74, 6) is 0.684. The first-order valence-corrected chi connectivity index (χ1v) is 8.72. The number of nitrogens with one attached hydrogen (secondary N) is 1. The molecule has 0 aromatic heterocycles. The molecule has 1 N–H and O–H groups in total. The third-order valence-electron chi connectivity index (χ3n) is 3.19. The number of rotatable bonds is 5. The van der Waals surface area contributed by atoms with Gasteiger partial charge in [0.1, 0.15) is 5.75 Å². The van der Waals surface area contributed by atoms with Crippen molar-refractivity contribution in [2.75, 3.05) is 11.3 Å². The Morgan fingerprint density at radius 1 is 1.09 bits per heavy atom. The predicted molar refractivity (Wildman–Crippen MR) is 89.3 cm³/mol. The zero-order chi connectivity index (χ0) is 16.3. The molecule has 6 heteroatoms. The standard InChI is InChI=1S/C16H18ClNO3S/c1-4-21-16-8-6-14(10-12(16)3)22(19,20)18-15-7-5-13(17)9-11(15)2/h5-10,18H,4H2,1-3H3. The summed E-state index contributed by atoms with van der Waals surface area (Å²) in [5, 5.41) is 0.567. The molecule has 0 amide bonds. The molecule has 0 saturated heterocycles. The van der Waals surface area contributed by atoms with E-state index in [0.29, 0.717) is 23.1 Å². The van der Waals surface area contributed by atoms with Gasteiger partial charge in [-0.1, -0.05) is 11.6 Å². The molecule has 0 aliphatic heterocycles. The number of aryl methyl sites for hydroxylation is 2. The van der Waals surface area contributed by atoms with Crippen LogP contribution < -0.4 is 9.46 Å². The molecule has 0 aliphatic rings. The van der Waals surface area contributed by atoms with Crippen molar-refractivity contribution in [3.63, 3.8) is 0 Å². The lowest BCUT2D eigenvalue weighted by molar-refractivity contribution is 0.337. The first kappa shape index (κ1) is 16.6. The molecule has 2 rings (SSSR count). The fraction of sp³-hybridized carbons (Fsp3) is 0.250. The summed E-state index contributed by atoms with van der Waals surface area (Å²) in [7, 11) is -3.65. The average Bonchev–Trinajstić information content (AvgIpc) is 2.44. The molecular weight excluding hydrogens is 322 g/mol. The van der Waals surface area contributed by atoms with E-state index >= 15 is 0 Å². The number of sulfonamides is 1. The molecule has 0 unspecified atom stereocenters. The molecule has 0 heterocycles. The van der Waals surface area contributed by atoms with Crippen molar-refractivity contribution in [1.29, 1.82) is 0 Å². The third kappa shape index (κ3) is 3.72. The van der Waals surface area contributed by atoms with Crippen LogP contribution in [0.3, 0.4) is 0 Å². The van der Waals surface area contributed by atoms with Crippen LogP contribution in [0.1, 0.15) is 18.1 Å². The zero-order valence-electron chi connectivity index (χ0n) is 12.7. The number of halogens is 1. The largest absolute Gasteiger partial charge is 0.494 e. The van der Waals surface area contributed by atoms with E-state index in [4.69, 9.17) is 16.3 Å². The number of hydrogen-bond acceptors (Lipinski definition) is 3. The lowest BCUT2D eigenvalue weighted by atomic mass is 10.2. The lowest BCUT2D eigenvalue weighted by Crippen LogP contribution is -2.14. The summed E-state index contributed by atoms with van der Waals surface area (Å²) in [4.78, 5) is 0.197. The van der Waals surface area contributed by atoms with E-state index in [1.807, 2.05) is 13.8 Å². The summed E-state index contributed by atoms with van der Waals surface area (Å²) < 4.78 is 33.0. The summed E-state index contributed by atoms with van der Waals surface area (Å²) in [6.07, 6.45) is 0. The van der Waals surface area contributed by atoms with Gasteiger partial charge in [-0.2, -0.15) is 0 Å². The molecule has 118 valence electrons. The Morgan fingerprint density at radius 3 is 2.41 bits per heavy atom. The van der Waals surface area contributed by atoms with Crippen molar-refractivity contribution in [3.8, 4) is 5.75 Å². The average molecular weight is 340 g/mol. The zero-order valence-corrected chi connectivity index (χ0v) is 14.3. The highest BCUT2D eigenvalue weighted by atomic mass is 35.5. The van der Waals surface area contributed by atoms with Crippen LogP contribution in [0.15, 0.2) is 41.3 Å². The van der Waals surface area contributed by atoms with Gasteiger partial charge in [0.15, 0.2) is 0 Å². The summed E-state index contributed by atoms with van der Waals surface area (Å²) in [6, 6.07) is 9.81. The van der Waals surface area contributed by atoms with E-state index in [1.54, 1.807) is 37.3 Å². The molecular formula is C16H18ClNO3S. The van der Waals surface area contributed by atoms with Crippen molar-refractivity contribution < 1.29 is 13.2 Å². The Kier molecular flexibility index (Phi) is 4.98. The molecule has 22 heavy (non-hydrogen) atoms. The Morgan fingerprint density at radius 2 is 1.82 bits per heavy atom. The Bertz CT molecular complexity index is 788. The van der Waals surface area contributed by atoms with E-state index < -0.39 is 10.0 Å². The van der Waals surface area contributed by atoms with Gasteiger partial charge in [0.2, 0.25) is 0 Å². The number of benzene rings is 2. The third-order valence-corrected chi connectivity index (χ3v) is 4.79. The lowest BCUT2D eigenvalue weighted by Gasteiger charge is -2.13. The fourth-order valence-electron chi connectivity index (χ4n) is 2.05. The van der Waals surface area contributed by atoms with Crippen molar-refractivity contribution in [1.82, 2.24) is 0 Å². The first-order chi connectivity index (χ1) is 10.3. The maximum atomic E-state index is 12.5. The van der Waals surface area contributed by atoms with Gasteiger partial charge in [-0.3, -0.25) is 4.72 Å². The van der Waals surface area contributed by atoms with Gasteiger partial charge in [0, 0.05) is 5.02 Å². The Labute approximate surface area is 136 Å². The maximum Gasteiger partial charge on any atom is 0.261 e. The van der Waals surface area contributed by atoms with E-state index in [-0.39, 0.29) is 4.90 Å². The molecule has 0 radical (unpaired) electrons. The SMILES string of the molecule is CCOc1ccc(S(=O)(=O)Nc2ccc(Cl)cc2C)cc1C. The molecule has 0 saturated carbocycles. The van der Waals surface area contributed by atoms with Crippen LogP contribution in [-0.2, 0) is 10.0 Å². The van der Waals surface area contributed by atoms with E-state index in [2.05, 4.69) is 4.72 Å². The summed E-state index contributed by atoms with van der Waals surface area (Å²) >= 11 is 5.88. The predicted octanol–water partition coefficient (Wildman–Crippen LogP) is 4.16. The van der Waals surface area contributed by atoms with Crippen LogP contribution in [0.5, 0.6) is 5.75 Å². The molecule has 2 aromatic carbocycles. The van der Waals surface area contributed by atoms with Crippen molar-refractivity contribution >= 4 is 27.3 Å². The smallest absolute Gasteiger partial charge is 0.261 e. The van der Waals surface area contributed by atoms with Crippen LogP contribution in [-0.4, -0.2) is 15.0 Å². The molecule has 0 aliphatic carbocycles. The topological polar surface area (TPSA) is 55.4 Å². The highest BCUT2D eigenvalue weighted by Crippen LogP contribution is 2.25. The first-order valence-electron chi connectivity index (χ1n) is 6.86. The Hall–Kier alpha value is -1.72. The van der Waals surface area contributed by atoms with Crippen molar-refractivity contribution in [2.24, 2.45) is 0 Å². The van der Waals surface area contributed by atoms with Gasteiger partial charge < -0.3 is 4.74 Å². The van der Waals surface area contributed by atoms with Crippen LogP contribution in [0.4, 0.5) is 5.69 Å². The second-order valence-electron chi connectivity index (χ2n) is 4.93. The second-order valence-corrected chi connectivity index (χ2v) is 7.04. The van der Waals surface area contributed by atoms with Gasteiger partial charge in [0.05, 0.1) is 17.2 Å². The summed E-state index contributed by atoms with van der Waals surface area (Å²) in [6.45, 7) is 6.04. The number of ether oxygens (including phenoxy) is 1. The van der Waals surface area contributed by atoms with Gasteiger partial charge in [-0.25, -0.2) is 8.42 Å². The maximum absolute atomic E-state index is 12.5. The highest BCUT2D eigenvalue weighted by Gasteiger charge is 2.16. The fourth-order valence-corrected chi connectivity index (χ4v) is 3.49. The van der Waals surface area contributed by atoms with Crippen LogP contribution in [0.25, 0.3) is 0 Å². The minimum atomic E-state index is -3.65. The van der Waals surface area contributed by atoms with Gasteiger partial charge in [-0.15, -0.1) is 0 Å². The monoisotopic (exact) mass is 339 g/mol. The van der Waals surface area contributed by atoms with E-state index in [1.165, 1.54) is 6.07 Å². The Balaban J connectivity index is 2.32.